The van der Waals surface area contributed by atoms with E-state index < -0.39 is 17.7 Å². The summed E-state index contributed by atoms with van der Waals surface area (Å²) in [5.74, 6) is 0.331. The average molecular weight is 528 g/mol. The number of likely N-dealkylation sites (tertiary alicyclic amines) is 1. The Kier molecular flexibility index (Phi) is 7.59. The molecular formula is C32H33NO6. The second-order valence-corrected chi connectivity index (χ2v) is 9.76. The molecule has 0 bridgehead atoms. The predicted molar refractivity (Wildman–Crippen MR) is 148 cm³/mol. The minimum Gasteiger partial charge on any atom is -0.507 e. The van der Waals surface area contributed by atoms with Crippen LogP contribution in [0.3, 0.4) is 0 Å². The Morgan fingerprint density at radius 2 is 1.72 bits per heavy atom. The first-order valence-corrected chi connectivity index (χ1v) is 13.4. The van der Waals surface area contributed by atoms with E-state index >= 15 is 0 Å². The van der Waals surface area contributed by atoms with Crippen molar-refractivity contribution in [3.63, 3.8) is 0 Å². The number of carbonyl (C=O) groups excluding carboxylic acids is 2. The molecule has 2 aliphatic rings. The minimum atomic E-state index is -0.785. The van der Waals surface area contributed by atoms with Crippen LogP contribution in [-0.4, -0.2) is 47.6 Å². The van der Waals surface area contributed by atoms with Crippen LogP contribution in [0.2, 0.25) is 0 Å². The van der Waals surface area contributed by atoms with Gasteiger partial charge in [-0.2, -0.15) is 0 Å². The molecule has 1 saturated heterocycles. The van der Waals surface area contributed by atoms with E-state index in [1.54, 1.807) is 29.2 Å². The van der Waals surface area contributed by atoms with Crippen molar-refractivity contribution in [1.82, 2.24) is 4.90 Å². The van der Waals surface area contributed by atoms with Gasteiger partial charge in [-0.3, -0.25) is 9.59 Å². The third kappa shape index (κ3) is 5.21. The highest BCUT2D eigenvalue weighted by Crippen LogP contribution is 2.43. The maximum atomic E-state index is 13.5. The highest BCUT2D eigenvalue weighted by Gasteiger charge is 2.46. The number of aliphatic hydroxyl groups excluding tert-OH is 1. The molecule has 1 amide bonds. The number of ketones is 1. The third-order valence-corrected chi connectivity index (χ3v) is 7.08. The first-order chi connectivity index (χ1) is 18.9. The van der Waals surface area contributed by atoms with E-state index in [0.717, 1.165) is 16.9 Å². The third-order valence-electron chi connectivity index (χ3n) is 7.08. The van der Waals surface area contributed by atoms with Gasteiger partial charge in [0.05, 0.1) is 24.8 Å². The van der Waals surface area contributed by atoms with E-state index in [9.17, 15) is 14.7 Å². The number of nitrogens with zero attached hydrogens (tertiary/aromatic N) is 1. The molecule has 0 radical (unpaired) electrons. The van der Waals surface area contributed by atoms with Crippen molar-refractivity contribution in [1.29, 1.82) is 0 Å². The minimum absolute atomic E-state index is 0.0433. The number of rotatable bonds is 9. The molecule has 1 N–H and O–H groups in total. The normalized spacial score (nSPS) is 19.6. The van der Waals surface area contributed by atoms with Crippen molar-refractivity contribution in [3.05, 3.63) is 94.6 Å². The van der Waals surface area contributed by atoms with E-state index in [-0.39, 0.29) is 17.4 Å². The Labute approximate surface area is 228 Å². The van der Waals surface area contributed by atoms with Crippen molar-refractivity contribution >= 4 is 17.4 Å². The topological polar surface area (TPSA) is 85.3 Å². The fourth-order valence-electron chi connectivity index (χ4n) is 5.31. The lowest BCUT2D eigenvalue weighted by Crippen LogP contribution is -2.31. The molecule has 7 heteroatoms. The Hall–Kier alpha value is -4.26. The molecule has 0 aromatic heterocycles. The summed E-state index contributed by atoms with van der Waals surface area (Å²) in [4.78, 5) is 28.5. The largest absolute Gasteiger partial charge is 0.507 e. The smallest absolute Gasteiger partial charge is 0.295 e. The van der Waals surface area contributed by atoms with Gasteiger partial charge in [0.15, 0.2) is 11.5 Å². The number of carbonyl (C=O) groups is 2. The summed E-state index contributed by atoms with van der Waals surface area (Å²) >= 11 is 0. The van der Waals surface area contributed by atoms with Gasteiger partial charge in [-0.05, 0) is 74.2 Å². The number of benzene rings is 3. The fraction of sp³-hybridized carbons (Fsp3) is 0.312. The van der Waals surface area contributed by atoms with Gasteiger partial charge in [0.1, 0.15) is 17.6 Å². The SMILES string of the molecule is CCOc1ccc([C@H]2/C(=C(\O)c3ccc4c(c3)C[C@H](C)O4)C(=O)C(=O)N2CCc2ccccc2)cc1OCC. The second kappa shape index (κ2) is 11.2. The van der Waals surface area contributed by atoms with Gasteiger partial charge >= 0.3 is 0 Å². The number of aliphatic hydroxyl groups is 1. The number of fused-ring (bicyclic) bond motifs is 1. The number of ether oxygens (including phenoxy) is 3. The number of Topliss-reactive ketones (excluding diaryl/α,β-unsaturated/α-hetero) is 1. The summed E-state index contributed by atoms with van der Waals surface area (Å²) in [5.41, 5.74) is 3.21. The number of amides is 1. The summed E-state index contributed by atoms with van der Waals surface area (Å²) in [6.07, 6.45) is 1.32. The predicted octanol–water partition coefficient (Wildman–Crippen LogP) is 5.47. The van der Waals surface area contributed by atoms with E-state index in [4.69, 9.17) is 14.2 Å². The second-order valence-electron chi connectivity index (χ2n) is 9.76. The Balaban J connectivity index is 1.60. The highest BCUT2D eigenvalue weighted by atomic mass is 16.5. The molecule has 0 unspecified atom stereocenters. The standard InChI is InChI=1S/C32H33NO6/c1-4-37-26-14-11-22(19-27(26)38-5-2)29-28(30(34)23-12-13-25-24(18-23)17-20(3)39-25)31(35)32(36)33(29)16-15-21-9-7-6-8-10-21/h6-14,18-20,29,34H,4-5,15-17H2,1-3H3/b30-28+/t20-,29-/m0/s1. The van der Waals surface area contributed by atoms with Crippen LogP contribution >= 0.6 is 0 Å². The van der Waals surface area contributed by atoms with Crippen LogP contribution in [-0.2, 0) is 22.4 Å². The van der Waals surface area contributed by atoms with E-state index in [1.807, 2.05) is 63.2 Å². The van der Waals surface area contributed by atoms with E-state index in [0.29, 0.717) is 55.2 Å². The Morgan fingerprint density at radius 1 is 0.974 bits per heavy atom. The molecule has 202 valence electrons. The molecule has 0 saturated carbocycles. The first kappa shape index (κ1) is 26.4. The first-order valence-electron chi connectivity index (χ1n) is 13.4. The molecule has 0 aliphatic carbocycles. The monoisotopic (exact) mass is 527 g/mol. The summed E-state index contributed by atoms with van der Waals surface area (Å²) in [6, 6.07) is 19.8. The van der Waals surface area contributed by atoms with Crippen molar-refractivity contribution in [3.8, 4) is 17.2 Å². The lowest BCUT2D eigenvalue weighted by atomic mass is 9.94. The lowest BCUT2D eigenvalue weighted by molar-refractivity contribution is -0.139. The van der Waals surface area contributed by atoms with Crippen LogP contribution in [0, 0.1) is 0 Å². The molecule has 39 heavy (non-hydrogen) atoms. The van der Waals surface area contributed by atoms with E-state index in [2.05, 4.69) is 0 Å². The van der Waals surface area contributed by atoms with Crippen LogP contribution < -0.4 is 14.2 Å². The molecular weight excluding hydrogens is 494 g/mol. The molecule has 2 aliphatic heterocycles. The van der Waals surface area contributed by atoms with Gasteiger partial charge in [0, 0.05) is 18.5 Å². The zero-order valence-electron chi connectivity index (χ0n) is 22.5. The molecule has 3 aromatic carbocycles. The van der Waals surface area contributed by atoms with Crippen LogP contribution in [0.5, 0.6) is 17.2 Å². The quantitative estimate of drug-likeness (QED) is 0.226. The number of hydrogen-bond acceptors (Lipinski definition) is 6. The Morgan fingerprint density at radius 3 is 2.46 bits per heavy atom. The molecule has 1 fully saturated rings. The van der Waals surface area contributed by atoms with Crippen molar-refractivity contribution in [2.45, 2.75) is 45.8 Å². The van der Waals surface area contributed by atoms with Gasteiger partial charge in [0.25, 0.3) is 11.7 Å². The summed E-state index contributed by atoms with van der Waals surface area (Å²) in [7, 11) is 0. The summed E-state index contributed by atoms with van der Waals surface area (Å²) in [5, 5.41) is 11.5. The van der Waals surface area contributed by atoms with Crippen LogP contribution in [0.15, 0.2) is 72.3 Å². The maximum absolute atomic E-state index is 13.5. The van der Waals surface area contributed by atoms with Gasteiger partial charge in [-0.25, -0.2) is 0 Å². The zero-order chi connectivity index (χ0) is 27.5. The molecule has 0 spiro atoms. The molecule has 7 nitrogen and oxygen atoms in total. The van der Waals surface area contributed by atoms with E-state index in [1.165, 1.54) is 0 Å². The van der Waals surface area contributed by atoms with Crippen LogP contribution in [0.25, 0.3) is 5.76 Å². The number of hydrogen-bond donors (Lipinski definition) is 1. The highest BCUT2D eigenvalue weighted by molar-refractivity contribution is 6.46. The van der Waals surface area contributed by atoms with Gasteiger partial charge < -0.3 is 24.2 Å². The maximum Gasteiger partial charge on any atom is 0.295 e. The average Bonchev–Trinajstić information content (AvgIpc) is 3.44. The van der Waals surface area contributed by atoms with Crippen molar-refractivity contribution in [2.75, 3.05) is 19.8 Å². The Bertz CT molecular complexity index is 1410. The fourth-order valence-corrected chi connectivity index (χ4v) is 5.31. The van der Waals surface area contributed by atoms with Crippen LogP contribution in [0.1, 0.15) is 49.1 Å². The van der Waals surface area contributed by atoms with Crippen molar-refractivity contribution < 1.29 is 28.9 Å². The van der Waals surface area contributed by atoms with Crippen LogP contribution in [0.4, 0.5) is 0 Å². The van der Waals surface area contributed by atoms with Gasteiger partial charge in [-0.1, -0.05) is 36.4 Å². The molecule has 3 aromatic rings. The summed E-state index contributed by atoms with van der Waals surface area (Å²) < 4.78 is 17.4. The van der Waals surface area contributed by atoms with Gasteiger partial charge in [0.2, 0.25) is 0 Å². The van der Waals surface area contributed by atoms with Gasteiger partial charge in [-0.15, -0.1) is 0 Å². The molecule has 2 atom stereocenters. The lowest BCUT2D eigenvalue weighted by Gasteiger charge is -2.26. The summed E-state index contributed by atoms with van der Waals surface area (Å²) in [6.45, 7) is 6.96. The van der Waals surface area contributed by atoms with Crippen molar-refractivity contribution in [2.24, 2.45) is 0 Å². The molecule has 2 heterocycles. The molecule has 5 rings (SSSR count). The zero-order valence-corrected chi connectivity index (χ0v) is 22.5.